The summed E-state index contributed by atoms with van der Waals surface area (Å²) in [5.74, 6) is 0.968. The highest BCUT2D eigenvalue weighted by atomic mass is 32.1. The van der Waals surface area contributed by atoms with Gasteiger partial charge in [-0.05, 0) is 31.5 Å². The molecule has 0 atom stereocenters. The van der Waals surface area contributed by atoms with E-state index >= 15 is 0 Å². The monoisotopic (exact) mass is 283 g/mol. The summed E-state index contributed by atoms with van der Waals surface area (Å²) in [5.41, 5.74) is 3.36. The number of rotatable bonds is 4. The Labute approximate surface area is 122 Å². The predicted octanol–water partition coefficient (Wildman–Crippen LogP) is 3.96. The molecule has 2 aromatic heterocycles. The Morgan fingerprint density at radius 1 is 1.15 bits per heavy atom. The zero-order valence-electron chi connectivity index (χ0n) is 11.7. The van der Waals surface area contributed by atoms with Crippen molar-refractivity contribution in [1.29, 1.82) is 0 Å². The van der Waals surface area contributed by atoms with Crippen LogP contribution in [0.4, 0.5) is 5.82 Å². The van der Waals surface area contributed by atoms with Crippen LogP contribution in [0.5, 0.6) is 0 Å². The number of benzene rings is 1. The van der Waals surface area contributed by atoms with E-state index < -0.39 is 0 Å². The molecule has 0 aliphatic rings. The lowest BCUT2D eigenvalue weighted by atomic mass is 10.1. The van der Waals surface area contributed by atoms with Gasteiger partial charge in [-0.2, -0.15) is 0 Å². The summed E-state index contributed by atoms with van der Waals surface area (Å²) in [6, 6.07) is 10.4. The second-order valence-corrected chi connectivity index (χ2v) is 5.94. The summed E-state index contributed by atoms with van der Waals surface area (Å²) >= 11 is 1.70. The van der Waals surface area contributed by atoms with Crippen molar-refractivity contribution in [3.05, 3.63) is 52.0 Å². The standard InChI is InChI=1S/C16H17N3S/c1-11-9-13-5-3-4-6-15(13)19-16(11)17-8-7-14-10-20-12(2)18-14/h3-6,9-10H,7-8H2,1-2H3,(H,17,19). The van der Waals surface area contributed by atoms with Gasteiger partial charge in [0.25, 0.3) is 0 Å². The summed E-state index contributed by atoms with van der Waals surface area (Å²) in [7, 11) is 0. The van der Waals surface area contributed by atoms with E-state index in [2.05, 4.69) is 39.7 Å². The molecule has 102 valence electrons. The van der Waals surface area contributed by atoms with E-state index in [1.54, 1.807) is 11.3 Å². The Bertz CT molecular complexity index is 733. The summed E-state index contributed by atoms with van der Waals surface area (Å²) in [4.78, 5) is 9.15. The average Bonchev–Trinajstić information content (AvgIpc) is 2.85. The molecule has 3 rings (SSSR count). The normalized spacial score (nSPS) is 10.9. The third-order valence-corrected chi connectivity index (χ3v) is 4.08. The van der Waals surface area contributed by atoms with Crippen LogP contribution in [0.3, 0.4) is 0 Å². The van der Waals surface area contributed by atoms with Gasteiger partial charge >= 0.3 is 0 Å². The van der Waals surface area contributed by atoms with Crippen molar-refractivity contribution in [2.75, 3.05) is 11.9 Å². The highest BCUT2D eigenvalue weighted by molar-refractivity contribution is 7.09. The van der Waals surface area contributed by atoms with Crippen molar-refractivity contribution in [3.8, 4) is 0 Å². The number of anilines is 1. The summed E-state index contributed by atoms with van der Waals surface area (Å²) < 4.78 is 0. The second-order valence-electron chi connectivity index (χ2n) is 4.88. The molecule has 0 saturated heterocycles. The first-order valence-electron chi connectivity index (χ1n) is 6.73. The molecule has 0 aliphatic heterocycles. The lowest BCUT2D eigenvalue weighted by molar-refractivity contribution is 0.960. The van der Waals surface area contributed by atoms with Crippen molar-refractivity contribution in [1.82, 2.24) is 9.97 Å². The molecule has 0 saturated carbocycles. The summed E-state index contributed by atoms with van der Waals surface area (Å²) in [5, 5.41) is 7.85. The number of fused-ring (bicyclic) bond motifs is 1. The van der Waals surface area contributed by atoms with Crippen LogP contribution in [-0.2, 0) is 6.42 Å². The van der Waals surface area contributed by atoms with Crippen molar-refractivity contribution in [2.24, 2.45) is 0 Å². The fourth-order valence-corrected chi connectivity index (χ4v) is 2.88. The minimum absolute atomic E-state index is 0.857. The van der Waals surface area contributed by atoms with Crippen LogP contribution >= 0.6 is 11.3 Å². The SMILES string of the molecule is Cc1nc(CCNc2nc3ccccc3cc2C)cs1. The topological polar surface area (TPSA) is 37.8 Å². The number of aryl methyl sites for hydroxylation is 2. The van der Waals surface area contributed by atoms with Gasteiger partial charge < -0.3 is 5.32 Å². The average molecular weight is 283 g/mol. The maximum absolute atomic E-state index is 4.68. The molecular weight excluding hydrogens is 266 g/mol. The third-order valence-electron chi connectivity index (χ3n) is 3.25. The van der Waals surface area contributed by atoms with Crippen LogP contribution in [0.2, 0.25) is 0 Å². The first kappa shape index (κ1) is 13.1. The molecule has 0 bridgehead atoms. The molecule has 3 aromatic rings. The number of para-hydroxylation sites is 1. The van der Waals surface area contributed by atoms with Crippen LogP contribution in [0.1, 0.15) is 16.3 Å². The van der Waals surface area contributed by atoms with Crippen LogP contribution < -0.4 is 5.32 Å². The molecule has 0 unspecified atom stereocenters. The van der Waals surface area contributed by atoms with Gasteiger partial charge in [0.1, 0.15) is 5.82 Å². The Morgan fingerprint density at radius 2 is 2.00 bits per heavy atom. The molecule has 3 nitrogen and oxygen atoms in total. The zero-order chi connectivity index (χ0) is 13.9. The van der Waals surface area contributed by atoms with Gasteiger partial charge in [-0.15, -0.1) is 11.3 Å². The smallest absolute Gasteiger partial charge is 0.129 e. The van der Waals surface area contributed by atoms with E-state index in [0.717, 1.165) is 35.0 Å². The molecule has 0 radical (unpaired) electrons. The lowest BCUT2D eigenvalue weighted by Gasteiger charge is -2.09. The van der Waals surface area contributed by atoms with E-state index in [1.807, 2.05) is 25.1 Å². The number of hydrogen-bond acceptors (Lipinski definition) is 4. The van der Waals surface area contributed by atoms with Gasteiger partial charge in [-0.25, -0.2) is 9.97 Å². The van der Waals surface area contributed by atoms with Gasteiger partial charge in [0.05, 0.1) is 16.2 Å². The van der Waals surface area contributed by atoms with Crippen LogP contribution in [0.25, 0.3) is 10.9 Å². The maximum atomic E-state index is 4.68. The number of pyridine rings is 1. The fourth-order valence-electron chi connectivity index (χ4n) is 2.23. The zero-order valence-corrected chi connectivity index (χ0v) is 12.5. The van der Waals surface area contributed by atoms with Crippen molar-refractivity contribution in [2.45, 2.75) is 20.3 Å². The molecule has 0 spiro atoms. The van der Waals surface area contributed by atoms with Crippen molar-refractivity contribution < 1.29 is 0 Å². The van der Waals surface area contributed by atoms with Crippen LogP contribution in [0.15, 0.2) is 35.7 Å². The first-order chi connectivity index (χ1) is 9.72. The van der Waals surface area contributed by atoms with Gasteiger partial charge in [-0.3, -0.25) is 0 Å². The van der Waals surface area contributed by atoms with Crippen molar-refractivity contribution in [3.63, 3.8) is 0 Å². The van der Waals surface area contributed by atoms with E-state index in [1.165, 1.54) is 10.9 Å². The molecule has 1 N–H and O–H groups in total. The predicted molar refractivity (Wildman–Crippen MR) is 85.5 cm³/mol. The Kier molecular flexibility index (Phi) is 3.65. The molecule has 2 heterocycles. The van der Waals surface area contributed by atoms with Gasteiger partial charge in [-0.1, -0.05) is 18.2 Å². The Balaban J connectivity index is 1.72. The molecule has 0 aliphatic carbocycles. The van der Waals surface area contributed by atoms with Crippen LogP contribution in [0, 0.1) is 13.8 Å². The van der Waals surface area contributed by atoms with E-state index in [9.17, 15) is 0 Å². The molecule has 0 fully saturated rings. The molecule has 20 heavy (non-hydrogen) atoms. The highest BCUT2D eigenvalue weighted by Crippen LogP contribution is 2.19. The lowest BCUT2D eigenvalue weighted by Crippen LogP contribution is -2.08. The number of nitrogens with one attached hydrogen (secondary N) is 1. The first-order valence-corrected chi connectivity index (χ1v) is 7.61. The Morgan fingerprint density at radius 3 is 2.80 bits per heavy atom. The van der Waals surface area contributed by atoms with E-state index in [0.29, 0.717) is 0 Å². The minimum Gasteiger partial charge on any atom is -0.369 e. The second kappa shape index (κ2) is 5.59. The molecule has 4 heteroatoms. The van der Waals surface area contributed by atoms with Gasteiger partial charge in [0.2, 0.25) is 0 Å². The number of nitrogens with zero attached hydrogens (tertiary/aromatic N) is 2. The van der Waals surface area contributed by atoms with Crippen LogP contribution in [-0.4, -0.2) is 16.5 Å². The largest absolute Gasteiger partial charge is 0.369 e. The van der Waals surface area contributed by atoms with Gasteiger partial charge in [0, 0.05) is 23.7 Å². The number of hydrogen-bond donors (Lipinski definition) is 1. The van der Waals surface area contributed by atoms with Gasteiger partial charge in [0.15, 0.2) is 0 Å². The third kappa shape index (κ3) is 2.80. The van der Waals surface area contributed by atoms with E-state index in [-0.39, 0.29) is 0 Å². The molecule has 0 amide bonds. The quantitative estimate of drug-likeness (QED) is 0.787. The maximum Gasteiger partial charge on any atom is 0.129 e. The molecule has 1 aromatic carbocycles. The number of aromatic nitrogens is 2. The fraction of sp³-hybridized carbons (Fsp3) is 0.250. The summed E-state index contributed by atoms with van der Waals surface area (Å²) in [6.07, 6.45) is 0.929. The summed E-state index contributed by atoms with van der Waals surface area (Å²) in [6.45, 7) is 4.99. The number of thiazole rings is 1. The highest BCUT2D eigenvalue weighted by Gasteiger charge is 2.03. The molecular formula is C16H17N3S. The van der Waals surface area contributed by atoms with E-state index in [4.69, 9.17) is 0 Å². The van der Waals surface area contributed by atoms with Crippen molar-refractivity contribution >= 4 is 28.1 Å². The Hall–Kier alpha value is -1.94. The minimum atomic E-state index is 0.857.